The Kier molecular flexibility index (Phi) is 2.86. The fraction of sp³-hybridized carbons (Fsp3) is 0.917. The largest absolute Gasteiger partial charge is 0.444 e. The van der Waals surface area contributed by atoms with Gasteiger partial charge in [0.2, 0.25) is 0 Å². The maximum absolute atomic E-state index is 12.0. The van der Waals surface area contributed by atoms with Gasteiger partial charge in [-0.1, -0.05) is 0 Å². The Hall–Kier alpha value is -0.770. The SMILES string of the molecule is CC(C)(C)OC(=O)N1C[C@@H]2CC(N)C[C@H]1C2. The molecule has 1 amide bonds. The zero-order valence-corrected chi connectivity index (χ0v) is 10.4. The highest BCUT2D eigenvalue weighted by Crippen LogP contribution is 2.35. The molecule has 0 aromatic heterocycles. The highest BCUT2D eigenvalue weighted by atomic mass is 16.6. The van der Waals surface area contributed by atoms with E-state index in [1.807, 2.05) is 25.7 Å². The van der Waals surface area contributed by atoms with Crippen LogP contribution >= 0.6 is 0 Å². The van der Waals surface area contributed by atoms with Gasteiger partial charge in [0.25, 0.3) is 0 Å². The third-order valence-electron chi connectivity index (χ3n) is 3.34. The lowest BCUT2D eigenvalue weighted by Crippen LogP contribution is -2.41. The molecule has 1 saturated carbocycles. The van der Waals surface area contributed by atoms with Crippen LogP contribution in [0.5, 0.6) is 0 Å². The van der Waals surface area contributed by atoms with E-state index < -0.39 is 5.60 Å². The topological polar surface area (TPSA) is 55.6 Å². The first-order chi connectivity index (χ1) is 7.35. The Bertz CT molecular complexity index is 285. The second-order valence-electron chi connectivity index (χ2n) is 6.12. The Morgan fingerprint density at radius 3 is 2.62 bits per heavy atom. The van der Waals surface area contributed by atoms with Gasteiger partial charge in [0.15, 0.2) is 0 Å². The molecule has 1 heterocycles. The van der Waals surface area contributed by atoms with E-state index in [0.29, 0.717) is 12.0 Å². The predicted octanol–water partition coefficient (Wildman–Crippen LogP) is 1.73. The minimum absolute atomic E-state index is 0.172. The van der Waals surface area contributed by atoms with Crippen LogP contribution in [0.3, 0.4) is 0 Å². The number of fused-ring (bicyclic) bond motifs is 2. The van der Waals surface area contributed by atoms with Crippen LogP contribution in [0.2, 0.25) is 0 Å². The van der Waals surface area contributed by atoms with Gasteiger partial charge in [0, 0.05) is 18.6 Å². The average molecular weight is 226 g/mol. The molecule has 2 fully saturated rings. The Morgan fingerprint density at radius 2 is 2.00 bits per heavy atom. The summed E-state index contributed by atoms with van der Waals surface area (Å²) in [4.78, 5) is 13.9. The van der Waals surface area contributed by atoms with Crippen molar-refractivity contribution >= 4 is 6.09 Å². The number of nitrogens with zero attached hydrogens (tertiary/aromatic N) is 1. The molecule has 1 saturated heterocycles. The molecule has 16 heavy (non-hydrogen) atoms. The van der Waals surface area contributed by atoms with Crippen molar-refractivity contribution in [1.82, 2.24) is 4.90 Å². The number of ether oxygens (including phenoxy) is 1. The van der Waals surface area contributed by atoms with Crippen molar-refractivity contribution in [3.63, 3.8) is 0 Å². The van der Waals surface area contributed by atoms with E-state index in [1.165, 1.54) is 0 Å². The van der Waals surface area contributed by atoms with Gasteiger partial charge in [-0.3, -0.25) is 0 Å². The summed E-state index contributed by atoms with van der Waals surface area (Å²) in [5.41, 5.74) is 5.56. The molecular formula is C12H22N2O2. The standard InChI is InChI=1S/C12H22N2O2/c1-12(2,3)16-11(15)14-7-8-4-9(13)6-10(14)5-8/h8-10H,4-7,13H2,1-3H3/t8-,9?,10-/m1/s1. The van der Waals surface area contributed by atoms with Gasteiger partial charge in [0.1, 0.15) is 5.60 Å². The van der Waals surface area contributed by atoms with Crippen LogP contribution in [0.1, 0.15) is 40.0 Å². The van der Waals surface area contributed by atoms with E-state index in [9.17, 15) is 4.79 Å². The molecule has 0 spiro atoms. The molecule has 2 rings (SSSR count). The lowest BCUT2D eigenvalue weighted by Gasteiger charge is -2.29. The molecule has 0 radical (unpaired) electrons. The summed E-state index contributed by atoms with van der Waals surface area (Å²) in [7, 11) is 0. The number of likely N-dealkylation sites (tertiary alicyclic amines) is 1. The molecular weight excluding hydrogens is 204 g/mol. The van der Waals surface area contributed by atoms with Crippen LogP contribution < -0.4 is 5.73 Å². The molecule has 3 atom stereocenters. The molecule has 92 valence electrons. The van der Waals surface area contributed by atoms with Gasteiger partial charge in [0.05, 0.1) is 0 Å². The first-order valence-electron chi connectivity index (χ1n) is 6.10. The van der Waals surface area contributed by atoms with E-state index in [4.69, 9.17) is 10.5 Å². The van der Waals surface area contributed by atoms with E-state index in [1.54, 1.807) is 0 Å². The molecule has 1 unspecified atom stereocenters. The zero-order chi connectivity index (χ0) is 11.9. The summed E-state index contributed by atoms with van der Waals surface area (Å²) in [6.45, 7) is 6.53. The predicted molar refractivity (Wildman–Crippen MR) is 62.0 cm³/mol. The van der Waals surface area contributed by atoms with Crippen LogP contribution in [0.4, 0.5) is 4.79 Å². The van der Waals surface area contributed by atoms with Crippen LogP contribution in [-0.4, -0.2) is 35.2 Å². The van der Waals surface area contributed by atoms with Gasteiger partial charge >= 0.3 is 6.09 Å². The molecule has 2 aliphatic rings. The number of carbonyl (C=O) groups excluding carboxylic acids is 1. The van der Waals surface area contributed by atoms with Crippen LogP contribution in [0.25, 0.3) is 0 Å². The average Bonchev–Trinajstić information content (AvgIpc) is 2.38. The van der Waals surface area contributed by atoms with Crippen molar-refractivity contribution in [2.45, 2.75) is 57.7 Å². The number of amides is 1. The highest BCUT2D eigenvalue weighted by molar-refractivity contribution is 5.69. The summed E-state index contributed by atoms with van der Waals surface area (Å²) < 4.78 is 5.41. The molecule has 0 aromatic carbocycles. The summed E-state index contributed by atoms with van der Waals surface area (Å²) in [6, 6.07) is 0.569. The summed E-state index contributed by atoms with van der Waals surface area (Å²) in [6.07, 6.45) is 2.91. The van der Waals surface area contributed by atoms with E-state index in [2.05, 4.69) is 0 Å². The Balaban J connectivity index is 1.98. The Morgan fingerprint density at radius 1 is 1.31 bits per heavy atom. The number of rotatable bonds is 0. The van der Waals surface area contributed by atoms with E-state index in [-0.39, 0.29) is 12.1 Å². The molecule has 1 aliphatic carbocycles. The fourth-order valence-electron chi connectivity index (χ4n) is 2.83. The third-order valence-corrected chi connectivity index (χ3v) is 3.34. The number of hydrogen-bond acceptors (Lipinski definition) is 3. The molecule has 4 nitrogen and oxygen atoms in total. The molecule has 0 aromatic rings. The van der Waals surface area contributed by atoms with Crippen molar-refractivity contribution in [3.8, 4) is 0 Å². The lowest BCUT2D eigenvalue weighted by atomic mass is 9.87. The summed E-state index contributed by atoms with van der Waals surface area (Å²) in [5, 5.41) is 0. The van der Waals surface area contributed by atoms with Crippen molar-refractivity contribution in [2.24, 2.45) is 11.7 Å². The highest BCUT2D eigenvalue weighted by Gasteiger charge is 2.41. The monoisotopic (exact) mass is 226 g/mol. The van der Waals surface area contributed by atoms with E-state index >= 15 is 0 Å². The minimum Gasteiger partial charge on any atom is -0.444 e. The van der Waals surface area contributed by atoms with Crippen molar-refractivity contribution in [1.29, 1.82) is 0 Å². The van der Waals surface area contributed by atoms with Gasteiger partial charge in [-0.2, -0.15) is 0 Å². The van der Waals surface area contributed by atoms with Crippen LogP contribution in [0.15, 0.2) is 0 Å². The normalized spacial score (nSPS) is 34.0. The summed E-state index contributed by atoms with van der Waals surface area (Å²) in [5.74, 6) is 0.585. The molecule has 2 bridgehead atoms. The molecule has 2 N–H and O–H groups in total. The van der Waals surface area contributed by atoms with Crippen LogP contribution in [0, 0.1) is 5.92 Å². The second-order valence-corrected chi connectivity index (χ2v) is 6.12. The van der Waals surface area contributed by atoms with Crippen molar-refractivity contribution in [3.05, 3.63) is 0 Å². The third kappa shape index (κ3) is 2.48. The molecule has 4 heteroatoms. The second kappa shape index (κ2) is 3.91. The first-order valence-corrected chi connectivity index (χ1v) is 6.10. The quantitative estimate of drug-likeness (QED) is 0.684. The number of nitrogens with two attached hydrogens (primary N) is 1. The van der Waals surface area contributed by atoms with Gasteiger partial charge in [-0.25, -0.2) is 4.79 Å². The first kappa shape index (κ1) is 11.7. The van der Waals surface area contributed by atoms with Crippen molar-refractivity contribution in [2.75, 3.05) is 6.54 Å². The lowest BCUT2D eigenvalue weighted by molar-refractivity contribution is 0.0221. The van der Waals surface area contributed by atoms with Gasteiger partial charge in [-0.15, -0.1) is 0 Å². The maximum Gasteiger partial charge on any atom is 0.410 e. The molecule has 1 aliphatic heterocycles. The van der Waals surface area contributed by atoms with Gasteiger partial charge in [-0.05, 0) is 46.0 Å². The maximum atomic E-state index is 12.0. The smallest absolute Gasteiger partial charge is 0.410 e. The number of hydrogen-bond donors (Lipinski definition) is 1. The fourth-order valence-corrected chi connectivity index (χ4v) is 2.83. The minimum atomic E-state index is -0.407. The summed E-state index contributed by atoms with van der Waals surface area (Å²) >= 11 is 0. The van der Waals surface area contributed by atoms with Crippen LogP contribution in [-0.2, 0) is 4.74 Å². The number of carbonyl (C=O) groups is 1. The van der Waals surface area contributed by atoms with Crippen molar-refractivity contribution < 1.29 is 9.53 Å². The van der Waals surface area contributed by atoms with Gasteiger partial charge < -0.3 is 15.4 Å². The Labute approximate surface area is 97.1 Å². The van der Waals surface area contributed by atoms with E-state index in [0.717, 1.165) is 25.8 Å². The zero-order valence-electron chi connectivity index (χ0n) is 10.4.